The van der Waals surface area contributed by atoms with Crippen LogP contribution in [0.5, 0.6) is 0 Å². The molecule has 10 aromatic carbocycles. The summed E-state index contributed by atoms with van der Waals surface area (Å²) < 4.78 is 0. The normalized spacial score (nSPS) is 12.4. The summed E-state index contributed by atoms with van der Waals surface area (Å²) in [7, 11) is 0. The van der Waals surface area contributed by atoms with Crippen molar-refractivity contribution in [3.05, 3.63) is 259 Å². The first-order valence-corrected chi connectivity index (χ1v) is 22.5. The third-order valence-electron chi connectivity index (χ3n) is 13.1. The molecule has 0 aromatic heterocycles. The van der Waals surface area contributed by atoms with Crippen LogP contribution in [-0.4, -0.2) is 0 Å². The largest absolute Gasteiger partial charge is 0.310 e. The lowest BCUT2D eigenvalue weighted by atomic mass is 9.81. The number of aryl methyl sites for hydroxylation is 1. The van der Waals surface area contributed by atoms with Crippen molar-refractivity contribution in [1.29, 1.82) is 0 Å². The molecule has 0 spiro atoms. The summed E-state index contributed by atoms with van der Waals surface area (Å²) in [4.78, 5) is 7.16. The van der Waals surface area contributed by atoms with Crippen molar-refractivity contribution in [3.63, 3.8) is 0 Å². The quantitative estimate of drug-likeness (QED) is 0.136. The summed E-state index contributed by atoms with van der Waals surface area (Å²) in [6.45, 7) is 6.96. The SMILES string of the molecule is Cc1cccc2c1-c1ccc(-c3ccc(N(c4ccccc4)c4cc(N(c5ccccc5)c5ccccc5)cc(N(c5ccccc5)c5cccc6ccccc56)c4)cc3)cc1C2(C)C. The maximum absolute atomic E-state index is 2.42. The Balaban J connectivity index is 1.11. The number of hydrogen-bond acceptors (Lipinski definition) is 3. The molecule has 1 aliphatic carbocycles. The first kappa shape index (κ1) is 39.7. The topological polar surface area (TPSA) is 9.72 Å². The molecule has 11 rings (SSSR count). The third kappa shape index (κ3) is 7.22. The van der Waals surface area contributed by atoms with Gasteiger partial charge in [-0.25, -0.2) is 0 Å². The maximum atomic E-state index is 2.42. The molecule has 0 atom stereocenters. The minimum Gasteiger partial charge on any atom is -0.310 e. The van der Waals surface area contributed by atoms with Crippen LogP contribution < -0.4 is 14.7 Å². The number of hydrogen-bond donors (Lipinski definition) is 0. The van der Waals surface area contributed by atoms with E-state index >= 15 is 0 Å². The molecule has 0 amide bonds. The summed E-state index contributed by atoms with van der Waals surface area (Å²) in [5, 5.41) is 2.37. The van der Waals surface area contributed by atoms with Crippen LogP contribution in [0.4, 0.5) is 51.2 Å². The van der Waals surface area contributed by atoms with Gasteiger partial charge in [0.2, 0.25) is 0 Å². The van der Waals surface area contributed by atoms with Gasteiger partial charge in [0.1, 0.15) is 0 Å². The minimum atomic E-state index is -0.0769. The highest BCUT2D eigenvalue weighted by atomic mass is 15.2. The Bertz CT molecular complexity index is 3240. The molecule has 0 bridgehead atoms. The number of para-hydroxylation sites is 4. The van der Waals surface area contributed by atoms with Crippen LogP contribution >= 0.6 is 0 Å². The number of fused-ring (bicyclic) bond motifs is 4. The van der Waals surface area contributed by atoms with E-state index in [1.54, 1.807) is 0 Å². The monoisotopic (exact) mass is 835 g/mol. The molecular formula is C62H49N3. The standard InChI is InChI=1S/C62H49N3/c1-44-20-18-32-58-61(44)57-39-36-47(40-59(57)62(58,2)3)45-34-37-52(38-35-45)64(50-27-12-6-13-28-50)54-41-53(63(48-23-8-4-9-24-48)49-25-10-5-11-26-49)42-55(43-54)65(51-29-14-7-15-30-51)60-33-19-22-46-21-16-17-31-56(46)60/h4-43H,1-3H3. The zero-order valence-electron chi connectivity index (χ0n) is 36.9. The van der Waals surface area contributed by atoms with E-state index in [-0.39, 0.29) is 5.41 Å². The van der Waals surface area contributed by atoms with Crippen molar-refractivity contribution in [3.8, 4) is 22.3 Å². The van der Waals surface area contributed by atoms with Crippen molar-refractivity contribution < 1.29 is 0 Å². The van der Waals surface area contributed by atoms with Crippen molar-refractivity contribution in [2.45, 2.75) is 26.2 Å². The van der Waals surface area contributed by atoms with Crippen molar-refractivity contribution in [1.82, 2.24) is 0 Å². The van der Waals surface area contributed by atoms with Crippen LogP contribution in [0.25, 0.3) is 33.0 Å². The second kappa shape index (κ2) is 16.5. The Morgan fingerprint density at radius 2 is 0.769 bits per heavy atom. The van der Waals surface area contributed by atoms with Gasteiger partial charge in [0.25, 0.3) is 0 Å². The van der Waals surface area contributed by atoms with E-state index in [1.807, 2.05) is 0 Å². The van der Waals surface area contributed by atoms with E-state index in [0.29, 0.717) is 0 Å². The molecule has 0 unspecified atom stereocenters. The summed E-state index contributed by atoms with van der Waals surface area (Å²) in [6, 6.07) is 88.0. The average Bonchev–Trinajstić information content (AvgIpc) is 3.59. The molecule has 0 N–H and O–H groups in total. The van der Waals surface area contributed by atoms with Gasteiger partial charge in [-0.1, -0.05) is 166 Å². The van der Waals surface area contributed by atoms with E-state index in [9.17, 15) is 0 Å². The number of rotatable bonds is 10. The Labute approximate surface area is 382 Å². The molecule has 0 aliphatic heterocycles. The molecule has 65 heavy (non-hydrogen) atoms. The molecule has 10 aromatic rings. The fourth-order valence-corrected chi connectivity index (χ4v) is 9.95. The smallest absolute Gasteiger partial charge is 0.0540 e. The van der Waals surface area contributed by atoms with Gasteiger partial charge in [0.05, 0.1) is 22.7 Å². The van der Waals surface area contributed by atoms with Crippen LogP contribution in [0.3, 0.4) is 0 Å². The van der Waals surface area contributed by atoms with Crippen molar-refractivity contribution in [2.75, 3.05) is 14.7 Å². The van der Waals surface area contributed by atoms with Crippen LogP contribution in [0.2, 0.25) is 0 Å². The molecular weight excluding hydrogens is 787 g/mol. The number of benzene rings is 10. The second-order valence-corrected chi connectivity index (χ2v) is 17.5. The van der Waals surface area contributed by atoms with Gasteiger partial charge in [-0.15, -0.1) is 0 Å². The van der Waals surface area contributed by atoms with Crippen molar-refractivity contribution >= 4 is 62.0 Å². The van der Waals surface area contributed by atoms with E-state index in [0.717, 1.165) is 51.2 Å². The number of nitrogens with zero attached hydrogens (tertiary/aromatic N) is 3. The Morgan fingerprint density at radius 3 is 1.34 bits per heavy atom. The molecule has 312 valence electrons. The lowest BCUT2D eigenvalue weighted by molar-refractivity contribution is 0.660. The van der Waals surface area contributed by atoms with Gasteiger partial charge >= 0.3 is 0 Å². The van der Waals surface area contributed by atoms with Crippen molar-refractivity contribution in [2.24, 2.45) is 0 Å². The van der Waals surface area contributed by atoms with Crippen LogP contribution in [0.15, 0.2) is 243 Å². The molecule has 0 radical (unpaired) electrons. The first-order valence-electron chi connectivity index (χ1n) is 22.5. The number of anilines is 9. The predicted octanol–water partition coefficient (Wildman–Crippen LogP) is 17.5. The fourth-order valence-electron chi connectivity index (χ4n) is 9.95. The molecule has 1 aliphatic rings. The van der Waals surface area contributed by atoms with Gasteiger partial charge in [0.15, 0.2) is 0 Å². The Hall–Kier alpha value is -8.14. The molecule has 0 saturated carbocycles. The second-order valence-electron chi connectivity index (χ2n) is 17.5. The summed E-state index contributed by atoms with van der Waals surface area (Å²) in [5.41, 5.74) is 18.7. The fraction of sp³-hybridized carbons (Fsp3) is 0.0645. The van der Waals surface area contributed by atoms with Crippen LogP contribution in [0, 0.1) is 6.92 Å². The lowest BCUT2D eigenvalue weighted by Gasteiger charge is -2.33. The molecule has 0 saturated heterocycles. The molecule has 0 fully saturated rings. The zero-order valence-corrected chi connectivity index (χ0v) is 36.9. The van der Waals surface area contributed by atoms with E-state index in [2.05, 4.69) is 278 Å². The van der Waals surface area contributed by atoms with Gasteiger partial charge in [-0.3, -0.25) is 0 Å². The van der Waals surface area contributed by atoms with Crippen LogP contribution in [-0.2, 0) is 5.41 Å². The zero-order chi connectivity index (χ0) is 43.9. The summed E-state index contributed by atoms with van der Waals surface area (Å²) >= 11 is 0. The highest BCUT2D eigenvalue weighted by Crippen LogP contribution is 2.51. The molecule has 0 heterocycles. The highest BCUT2D eigenvalue weighted by molar-refractivity contribution is 6.00. The third-order valence-corrected chi connectivity index (χ3v) is 13.1. The average molecular weight is 836 g/mol. The van der Waals surface area contributed by atoms with Gasteiger partial charge in [-0.2, -0.15) is 0 Å². The van der Waals surface area contributed by atoms with Gasteiger partial charge in [-0.05, 0) is 142 Å². The van der Waals surface area contributed by atoms with E-state index < -0.39 is 0 Å². The first-order chi connectivity index (χ1) is 31.9. The predicted molar refractivity (Wildman–Crippen MR) is 276 cm³/mol. The summed E-state index contributed by atoms with van der Waals surface area (Å²) in [6.07, 6.45) is 0. The van der Waals surface area contributed by atoms with E-state index in [4.69, 9.17) is 0 Å². The molecule has 3 nitrogen and oxygen atoms in total. The van der Waals surface area contributed by atoms with Gasteiger partial charge in [0, 0.05) is 39.2 Å². The Morgan fingerprint density at radius 1 is 0.323 bits per heavy atom. The lowest BCUT2D eigenvalue weighted by Crippen LogP contribution is -2.16. The minimum absolute atomic E-state index is 0.0769. The highest BCUT2D eigenvalue weighted by Gasteiger charge is 2.36. The Kier molecular flexibility index (Phi) is 10.1. The maximum Gasteiger partial charge on any atom is 0.0540 e. The van der Waals surface area contributed by atoms with Crippen LogP contribution in [0.1, 0.15) is 30.5 Å². The molecule has 3 heteroatoms. The summed E-state index contributed by atoms with van der Waals surface area (Å²) in [5.74, 6) is 0. The van der Waals surface area contributed by atoms with Gasteiger partial charge < -0.3 is 14.7 Å². The van der Waals surface area contributed by atoms with E-state index in [1.165, 1.54) is 49.7 Å².